The fourth-order valence-electron chi connectivity index (χ4n) is 2.22. The summed E-state index contributed by atoms with van der Waals surface area (Å²) < 4.78 is 51.7. The number of hydrogen-bond acceptors (Lipinski definition) is 5. The molecule has 2 aromatic rings. The van der Waals surface area contributed by atoms with Crippen molar-refractivity contribution >= 4 is 17.4 Å². The lowest BCUT2D eigenvalue weighted by molar-refractivity contribution is -0.137. The van der Waals surface area contributed by atoms with E-state index in [0.717, 1.165) is 47.9 Å². The normalized spacial score (nSPS) is 14.6. The van der Waals surface area contributed by atoms with Crippen molar-refractivity contribution < 1.29 is 33.0 Å². The van der Waals surface area contributed by atoms with Crippen molar-refractivity contribution in [3.05, 3.63) is 41.7 Å². The zero-order valence-electron chi connectivity index (χ0n) is 12.6. The fourth-order valence-corrected chi connectivity index (χ4v) is 3.10. The van der Waals surface area contributed by atoms with E-state index in [0.29, 0.717) is 6.07 Å². The Hall–Kier alpha value is -2.13. The van der Waals surface area contributed by atoms with Crippen molar-refractivity contribution in [1.29, 1.82) is 0 Å². The molecule has 0 unspecified atom stereocenters. The smallest absolute Gasteiger partial charge is 0.416 e. The summed E-state index contributed by atoms with van der Waals surface area (Å²) in [6.07, 6.45) is -3.20. The van der Waals surface area contributed by atoms with Gasteiger partial charge in [0.2, 0.25) is 0 Å². The van der Waals surface area contributed by atoms with Crippen molar-refractivity contribution in [2.75, 3.05) is 5.06 Å². The first-order valence-electron chi connectivity index (χ1n) is 7.25. The Morgan fingerprint density at radius 1 is 1.08 bits per heavy atom. The minimum Gasteiger partial charge on any atom is -0.504 e. The molecule has 0 spiro atoms. The maximum atomic E-state index is 14.0. The molecule has 25 heavy (non-hydrogen) atoms. The summed E-state index contributed by atoms with van der Waals surface area (Å²) >= 11 is 0.769. The third-order valence-electron chi connectivity index (χ3n) is 3.67. The second-order valence-corrected chi connectivity index (χ2v) is 6.75. The van der Waals surface area contributed by atoms with Gasteiger partial charge < -0.3 is 10.2 Å². The Bertz CT molecular complexity index is 809. The van der Waals surface area contributed by atoms with E-state index in [1.165, 1.54) is 6.07 Å². The molecule has 0 heterocycles. The van der Waals surface area contributed by atoms with Crippen LogP contribution in [0.25, 0.3) is 0 Å². The Labute approximate surface area is 144 Å². The van der Waals surface area contributed by atoms with Gasteiger partial charge in [-0.3, -0.25) is 10.3 Å². The van der Waals surface area contributed by atoms with E-state index in [9.17, 15) is 33.0 Å². The van der Waals surface area contributed by atoms with Gasteiger partial charge in [0.1, 0.15) is 11.5 Å². The van der Waals surface area contributed by atoms with Crippen LogP contribution >= 0.6 is 11.8 Å². The van der Waals surface area contributed by atoms with E-state index in [-0.39, 0.29) is 21.5 Å². The second kappa shape index (κ2) is 6.30. The van der Waals surface area contributed by atoms with E-state index < -0.39 is 29.1 Å². The minimum atomic E-state index is -4.64. The first kappa shape index (κ1) is 17.7. The molecule has 0 aliphatic heterocycles. The van der Waals surface area contributed by atoms with Crippen LogP contribution in [0, 0.1) is 5.82 Å². The Morgan fingerprint density at radius 2 is 1.76 bits per heavy atom. The molecule has 0 amide bonds. The maximum absolute atomic E-state index is 14.0. The Kier molecular flexibility index (Phi) is 4.46. The zero-order chi connectivity index (χ0) is 18.4. The summed E-state index contributed by atoms with van der Waals surface area (Å²) in [7, 11) is 0. The monoisotopic (exact) mass is 375 g/mol. The van der Waals surface area contributed by atoms with Crippen LogP contribution in [0.15, 0.2) is 40.1 Å². The van der Waals surface area contributed by atoms with Crippen molar-refractivity contribution in [3.8, 4) is 11.5 Å². The molecule has 0 bridgehead atoms. The summed E-state index contributed by atoms with van der Waals surface area (Å²) in [6, 6.07) is 4.44. The number of aromatic hydroxyl groups is 2. The molecule has 4 nitrogen and oxygen atoms in total. The van der Waals surface area contributed by atoms with Gasteiger partial charge in [0.25, 0.3) is 0 Å². The Morgan fingerprint density at radius 3 is 2.32 bits per heavy atom. The van der Waals surface area contributed by atoms with Gasteiger partial charge >= 0.3 is 6.18 Å². The Balaban J connectivity index is 1.90. The highest BCUT2D eigenvalue weighted by atomic mass is 32.2. The number of hydroxylamine groups is 1. The van der Waals surface area contributed by atoms with Crippen LogP contribution in [0.3, 0.4) is 0 Å². The molecule has 3 rings (SSSR count). The summed E-state index contributed by atoms with van der Waals surface area (Å²) in [5.74, 6) is -2.10. The number of benzene rings is 2. The van der Waals surface area contributed by atoms with Crippen molar-refractivity contribution in [2.45, 2.75) is 34.9 Å². The number of rotatable bonds is 4. The predicted octanol–water partition coefficient (Wildman–Crippen LogP) is 4.76. The summed E-state index contributed by atoms with van der Waals surface area (Å²) in [5.41, 5.74) is -1.14. The van der Waals surface area contributed by atoms with Crippen molar-refractivity contribution in [2.24, 2.45) is 0 Å². The van der Waals surface area contributed by atoms with Gasteiger partial charge in [0.05, 0.1) is 11.6 Å². The van der Waals surface area contributed by atoms with Gasteiger partial charge in [-0.1, -0.05) is 11.8 Å². The van der Waals surface area contributed by atoms with E-state index in [4.69, 9.17) is 0 Å². The van der Waals surface area contributed by atoms with Crippen molar-refractivity contribution in [3.63, 3.8) is 0 Å². The standard InChI is InChI=1S/C16H13F4NO3S/c17-11-5-8(16(18,19)20)1-4-14(11)25-10-6-12(15(23)13(22)7-10)21(24)9-2-3-9/h1,4-7,9,22-24H,2-3H2. The van der Waals surface area contributed by atoms with E-state index in [2.05, 4.69) is 0 Å². The highest BCUT2D eigenvalue weighted by Crippen LogP contribution is 2.44. The number of alkyl halides is 3. The highest BCUT2D eigenvalue weighted by Gasteiger charge is 2.32. The van der Waals surface area contributed by atoms with Gasteiger partial charge in [0.15, 0.2) is 11.5 Å². The number of halogens is 4. The average Bonchev–Trinajstić information content (AvgIpc) is 3.35. The van der Waals surface area contributed by atoms with Gasteiger partial charge in [0, 0.05) is 9.79 Å². The molecule has 134 valence electrons. The lowest BCUT2D eigenvalue weighted by Crippen LogP contribution is -2.20. The average molecular weight is 375 g/mol. The maximum Gasteiger partial charge on any atom is 0.416 e. The molecule has 2 aromatic carbocycles. The minimum absolute atomic E-state index is 0.0441. The van der Waals surface area contributed by atoms with Gasteiger partial charge in [-0.2, -0.15) is 13.2 Å². The molecular weight excluding hydrogens is 362 g/mol. The van der Waals surface area contributed by atoms with E-state index in [1.807, 2.05) is 0 Å². The van der Waals surface area contributed by atoms with Crippen LogP contribution in [0.5, 0.6) is 11.5 Å². The summed E-state index contributed by atoms with van der Waals surface area (Å²) in [4.78, 5) is 0.170. The third-order valence-corrected chi connectivity index (χ3v) is 4.69. The number of phenolic OH excluding ortho intramolecular Hbond substituents is 2. The topological polar surface area (TPSA) is 63.9 Å². The number of hydrogen-bond donors (Lipinski definition) is 3. The van der Waals surface area contributed by atoms with Gasteiger partial charge in [-0.15, -0.1) is 0 Å². The second-order valence-electron chi connectivity index (χ2n) is 5.63. The van der Waals surface area contributed by atoms with Crippen LogP contribution in [-0.2, 0) is 6.18 Å². The van der Waals surface area contributed by atoms with Crippen LogP contribution in [0.2, 0.25) is 0 Å². The number of anilines is 1. The molecule has 1 fully saturated rings. The fraction of sp³-hybridized carbons (Fsp3) is 0.250. The highest BCUT2D eigenvalue weighted by molar-refractivity contribution is 7.99. The lowest BCUT2D eigenvalue weighted by Gasteiger charge is -2.19. The largest absolute Gasteiger partial charge is 0.504 e. The number of phenols is 2. The van der Waals surface area contributed by atoms with E-state index in [1.54, 1.807) is 0 Å². The van der Waals surface area contributed by atoms with Crippen LogP contribution in [0.1, 0.15) is 18.4 Å². The predicted molar refractivity (Wildman–Crippen MR) is 82.6 cm³/mol. The van der Waals surface area contributed by atoms with Crippen LogP contribution in [0.4, 0.5) is 23.2 Å². The molecule has 1 aliphatic rings. The molecule has 1 saturated carbocycles. The lowest BCUT2D eigenvalue weighted by atomic mass is 10.2. The molecule has 0 atom stereocenters. The first-order chi connectivity index (χ1) is 11.7. The van der Waals surface area contributed by atoms with Gasteiger partial charge in [-0.05, 0) is 43.2 Å². The molecule has 9 heteroatoms. The molecule has 1 aliphatic carbocycles. The first-order valence-corrected chi connectivity index (χ1v) is 8.07. The summed E-state index contributed by atoms with van der Waals surface area (Å²) in [6.45, 7) is 0. The molecule has 3 N–H and O–H groups in total. The molecule has 0 saturated heterocycles. The summed E-state index contributed by atoms with van der Waals surface area (Å²) in [5, 5.41) is 30.5. The van der Waals surface area contributed by atoms with E-state index >= 15 is 0 Å². The molecular formula is C16H13F4NO3S. The SMILES string of the molecule is Oc1cc(Sc2ccc(C(F)(F)F)cc2F)cc(N(O)C2CC2)c1O. The quantitative estimate of drug-likeness (QED) is 0.408. The van der Waals surface area contributed by atoms with Crippen molar-refractivity contribution in [1.82, 2.24) is 0 Å². The van der Waals surface area contributed by atoms with Crippen LogP contribution in [-0.4, -0.2) is 21.5 Å². The third kappa shape index (κ3) is 3.77. The zero-order valence-corrected chi connectivity index (χ0v) is 13.4. The molecule has 0 aromatic heterocycles. The molecule has 0 radical (unpaired) electrons. The number of nitrogens with zero attached hydrogens (tertiary/aromatic N) is 1. The van der Waals surface area contributed by atoms with Gasteiger partial charge in [-0.25, -0.2) is 4.39 Å². The van der Waals surface area contributed by atoms with Crippen LogP contribution < -0.4 is 5.06 Å².